The van der Waals surface area contributed by atoms with Crippen molar-refractivity contribution in [2.24, 2.45) is 0 Å². The van der Waals surface area contributed by atoms with Gasteiger partial charge < -0.3 is 9.47 Å². The lowest BCUT2D eigenvalue weighted by atomic mass is 10.1. The van der Waals surface area contributed by atoms with Gasteiger partial charge in [0.05, 0.1) is 12.3 Å². The van der Waals surface area contributed by atoms with E-state index in [9.17, 15) is 4.79 Å². The van der Waals surface area contributed by atoms with Crippen LogP contribution in [0.4, 0.5) is 0 Å². The molecule has 0 aliphatic carbocycles. The van der Waals surface area contributed by atoms with Gasteiger partial charge in [-0.3, -0.25) is 0 Å². The van der Waals surface area contributed by atoms with Crippen LogP contribution in [0.5, 0.6) is 0 Å². The fraction of sp³-hybridized carbons (Fsp3) is 0.200. The molecule has 1 heterocycles. The van der Waals surface area contributed by atoms with E-state index in [0.717, 1.165) is 5.69 Å². The lowest BCUT2D eigenvalue weighted by molar-refractivity contribution is -0.139. The van der Waals surface area contributed by atoms with Crippen molar-refractivity contribution in [3.05, 3.63) is 48.1 Å². The normalized spacial score (nSPS) is 11.0. The van der Waals surface area contributed by atoms with Crippen LogP contribution < -0.4 is 0 Å². The molecule has 7 heteroatoms. The third-order valence-electron chi connectivity index (χ3n) is 2.75. The molecule has 0 amide bonds. The molecule has 7 nitrogen and oxygen atoms in total. The Labute approximate surface area is 127 Å². The predicted octanol–water partition coefficient (Wildman–Crippen LogP) is 1.36. The Bertz CT molecular complexity index is 685. The van der Waals surface area contributed by atoms with Crippen molar-refractivity contribution >= 4 is 12.0 Å². The highest BCUT2D eigenvalue weighted by Crippen LogP contribution is 2.12. The van der Waals surface area contributed by atoms with Gasteiger partial charge in [0.15, 0.2) is 0 Å². The highest BCUT2D eigenvalue weighted by atomic mass is 16.6. The van der Waals surface area contributed by atoms with Crippen molar-refractivity contribution in [3.8, 4) is 11.8 Å². The topological polar surface area (TPSA) is 90.0 Å². The van der Waals surface area contributed by atoms with Crippen LogP contribution in [-0.4, -0.2) is 41.1 Å². The number of benzene rings is 1. The molecule has 1 aromatic heterocycles. The third-order valence-corrected chi connectivity index (χ3v) is 2.75. The second kappa shape index (κ2) is 7.71. The zero-order valence-electron chi connectivity index (χ0n) is 12.0. The van der Waals surface area contributed by atoms with Crippen molar-refractivity contribution in [2.45, 2.75) is 0 Å². The maximum absolute atomic E-state index is 11.7. The van der Waals surface area contributed by atoms with Crippen LogP contribution in [0.1, 0.15) is 5.56 Å². The molecule has 112 valence electrons. The average molecular weight is 298 g/mol. The smallest absolute Gasteiger partial charge is 0.348 e. The van der Waals surface area contributed by atoms with Gasteiger partial charge in [0.25, 0.3) is 0 Å². The van der Waals surface area contributed by atoms with Crippen LogP contribution in [0.3, 0.4) is 0 Å². The Morgan fingerprint density at radius 3 is 2.73 bits per heavy atom. The molecule has 0 bridgehead atoms. The van der Waals surface area contributed by atoms with Crippen molar-refractivity contribution in [1.29, 1.82) is 5.26 Å². The van der Waals surface area contributed by atoms with Gasteiger partial charge >= 0.3 is 5.97 Å². The number of nitriles is 1. The molecule has 0 radical (unpaired) electrons. The molecular weight excluding hydrogens is 284 g/mol. The molecule has 0 spiro atoms. The van der Waals surface area contributed by atoms with Crippen LogP contribution in [0.25, 0.3) is 11.8 Å². The highest BCUT2D eigenvalue weighted by molar-refractivity contribution is 5.97. The molecule has 1 aromatic carbocycles. The number of rotatable bonds is 6. The number of esters is 1. The first kappa shape index (κ1) is 15.4. The van der Waals surface area contributed by atoms with Crippen LogP contribution in [-0.2, 0) is 14.3 Å². The van der Waals surface area contributed by atoms with E-state index in [0.29, 0.717) is 5.56 Å². The molecule has 0 saturated heterocycles. The molecule has 0 unspecified atom stereocenters. The van der Waals surface area contributed by atoms with Gasteiger partial charge in [-0.25, -0.2) is 14.5 Å². The Morgan fingerprint density at radius 2 is 2.14 bits per heavy atom. The van der Waals surface area contributed by atoms with E-state index in [4.69, 9.17) is 14.7 Å². The predicted molar refractivity (Wildman–Crippen MR) is 77.8 cm³/mol. The third kappa shape index (κ3) is 4.01. The molecule has 22 heavy (non-hydrogen) atoms. The number of carbonyl (C=O) groups is 1. The maximum Gasteiger partial charge on any atom is 0.348 e. The van der Waals surface area contributed by atoms with Gasteiger partial charge in [0, 0.05) is 7.11 Å². The number of ether oxygens (including phenoxy) is 2. The lowest BCUT2D eigenvalue weighted by Crippen LogP contribution is -2.11. The molecule has 0 atom stereocenters. The second-order valence-corrected chi connectivity index (χ2v) is 4.23. The standard InChI is InChI=1S/C15H14N4O3/c1-21-6-7-22-15(20)13(9-16)8-12-2-4-14(5-3-12)19-11-17-10-18-19/h2-5,8,10-11H,6-7H2,1H3/b13-8-. The molecule has 0 N–H and O–H groups in total. The number of hydrogen-bond donors (Lipinski definition) is 0. The lowest BCUT2D eigenvalue weighted by Gasteiger charge is -2.03. The highest BCUT2D eigenvalue weighted by Gasteiger charge is 2.10. The zero-order chi connectivity index (χ0) is 15.8. The van der Waals surface area contributed by atoms with E-state index in [1.807, 2.05) is 18.2 Å². The van der Waals surface area contributed by atoms with Crippen LogP contribution in [0.15, 0.2) is 42.5 Å². The summed E-state index contributed by atoms with van der Waals surface area (Å²) in [6, 6.07) is 9.01. The second-order valence-electron chi connectivity index (χ2n) is 4.23. The monoisotopic (exact) mass is 298 g/mol. The number of nitrogens with zero attached hydrogens (tertiary/aromatic N) is 4. The largest absolute Gasteiger partial charge is 0.459 e. The molecule has 2 aromatic rings. The number of carbonyl (C=O) groups excluding carboxylic acids is 1. The minimum absolute atomic E-state index is 0.0652. The minimum Gasteiger partial charge on any atom is -0.459 e. The van der Waals surface area contributed by atoms with Crippen molar-refractivity contribution in [1.82, 2.24) is 14.8 Å². The molecule has 0 fully saturated rings. The Morgan fingerprint density at radius 1 is 1.36 bits per heavy atom. The van der Waals surface area contributed by atoms with Gasteiger partial charge in [-0.1, -0.05) is 12.1 Å². The minimum atomic E-state index is -0.667. The molecular formula is C15H14N4O3. The van der Waals surface area contributed by atoms with E-state index in [1.54, 1.807) is 23.1 Å². The quantitative estimate of drug-likeness (QED) is 0.346. The molecule has 0 aliphatic heterocycles. The first-order valence-electron chi connectivity index (χ1n) is 6.47. The summed E-state index contributed by atoms with van der Waals surface area (Å²) in [5, 5.41) is 13.1. The Kier molecular flexibility index (Phi) is 5.40. The molecule has 0 saturated carbocycles. The van der Waals surface area contributed by atoms with Crippen molar-refractivity contribution < 1.29 is 14.3 Å². The van der Waals surface area contributed by atoms with Crippen molar-refractivity contribution in [2.75, 3.05) is 20.3 Å². The summed E-state index contributed by atoms with van der Waals surface area (Å²) < 4.78 is 11.3. The average Bonchev–Trinajstić information content (AvgIpc) is 3.07. The maximum atomic E-state index is 11.7. The van der Waals surface area contributed by atoms with E-state index < -0.39 is 5.97 Å². The van der Waals surface area contributed by atoms with E-state index in [2.05, 4.69) is 10.1 Å². The van der Waals surface area contributed by atoms with Crippen molar-refractivity contribution in [3.63, 3.8) is 0 Å². The van der Waals surface area contributed by atoms with E-state index in [-0.39, 0.29) is 18.8 Å². The van der Waals surface area contributed by atoms with Crippen LogP contribution in [0.2, 0.25) is 0 Å². The van der Waals surface area contributed by atoms with Gasteiger partial charge in [-0.05, 0) is 23.8 Å². The van der Waals surface area contributed by atoms with Gasteiger partial charge in [-0.2, -0.15) is 10.4 Å². The first-order chi connectivity index (χ1) is 10.7. The van der Waals surface area contributed by atoms with Crippen LogP contribution >= 0.6 is 0 Å². The van der Waals surface area contributed by atoms with Gasteiger partial charge in [0.2, 0.25) is 0 Å². The summed E-state index contributed by atoms with van der Waals surface area (Å²) in [6.07, 6.45) is 4.50. The summed E-state index contributed by atoms with van der Waals surface area (Å²) in [5.74, 6) is -0.667. The van der Waals surface area contributed by atoms with E-state index >= 15 is 0 Å². The van der Waals surface area contributed by atoms with Gasteiger partial charge in [0.1, 0.15) is 30.9 Å². The molecule has 0 aliphatic rings. The van der Waals surface area contributed by atoms with Gasteiger partial charge in [-0.15, -0.1) is 0 Å². The summed E-state index contributed by atoms with van der Waals surface area (Å²) >= 11 is 0. The number of hydrogen-bond acceptors (Lipinski definition) is 6. The number of aromatic nitrogens is 3. The number of methoxy groups -OCH3 is 1. The first-order valence-corrected chi connectivity index (χ1v) is 6.47. The zero-order valence-corrected chi connectivity index (χ0v) is 12.0. The fourth-order valence-electron chi connectivity index (χ4n) is 1.66. The molecule has 2 rings (SSSR count). The summed E-state index contributed by atoms with van der Waals surface area (Å²) in [4.78, 5) is 15.6. The van der Waals surface area contributed by atoms with Crippen LogP contribution in [0, 0.1) is 11.3 Å². The van der Waals surface area contributed by atoms with E-state index in [1.165, 1.54) is 19.5 Å². The fourth-order valence-corrected chi connectivity index (χ4v) is 1.66. The SMILES string of the molecule is COCCOC(=O)/C(C#N)=C\c1ccc(-n2cncn2)cc1. The summed E-state index contributed by atoms with van der Waals surface area (Å²) in [6.45, 7) is 0.399. The summed E-state index contributed by atoms with van der Waals surface area (Å²) in [5.41, 5.74) is 1.48. The Balaban J connectivity index is 2.09. The summed E-state index contributed by atoms with van der Waals surface area (Å²) in [7, 11) is 1.51. The Hall–Kier alpha value is -2.98.